The van der Waals surface area contributed by atoms with E-state index in [2.05, 4.69) is 43.0 Å². The van der Waals surface area contributed by atoms with Crippen molar-refractivity contribution in [3.63, 3.8) is 0 Å². The van der Waals surface area contributed by atoms with Gasteiger partial charge in [0.2, 0.25) is 0 Å². The van der Waals surface area contributed by atoms with Crippen LogP contribution in [0.5, 0.6) is 0 Å². The molecule has 2 aromatic carbocycles. The van der Waals surface area contributed by atoms with Crippen molar-refractivity contribution in [1.82, 2.24) is 10.5 Å². The predicted octanol–water partition coefficient (Wildman–Crippen LogP) is 2.99. The lowest BCUT2D eigenvalue weighted by Gasteiger charge is -2.14. The molecule has 0 aliphatic carbocycles. The van der Waals surface area contributed by atoms with Crippen molar-refractivity contribution in [3.05, 3.63) is 74.6 Å². The molecule has 1 aliphatic heterocycles. The first-order chi connectivity index (χ1) is 14.7. The van der Waals surface area contributed by atoms with Gasteiger partial charge in [-0.15, -0.1) is 0 Å². The number of nitrogens with one attached hydrogen (secondary N) is 2. The van der Waals surface area contributed by atoms with Gasteiger partial charge in [0.25, 0.3) is 15.9 Å². The molecule has 0 saturated carbocycles. The first-order valence-electron chi connectivity index (χ1n) is 9.06. The fraction of sp³-hybridized carbons (Fsp3) is 0.143. The monoisotopic (exact) mass is 501 g/mol. The summed E-state index contributed by atoms with van der Waals surface area (Å²) in [6.45, 7) is 3.62. The Hall–Kier alpha value is -3.13. The van der Waals surface area contributed by atoms with E-state index in [1.54, 1.807) is 25.1 Å². The minimum Gasteiger partial charge on any atom is -0.369 e. The van der Waals surface area contributed by atoms with E-state index < -0.39 is 22.2 Å². The molecule has 3 N–H and O–H groups in total. The van der Waals surface area contributed by atoms with Crippen LogP contribution in [0, 0.1) is 25.7 Å². The molecule has 1 aromatic heterocycles. The maximum atomic E-state index is 13.0. The molecule has 8 nitrogen and oxygen atoms in total. The zero-order valence-electron chi connectivity index (χ0n) is 16.4. The second-order valence-corrected chi connectivity index (χ2v) is 9.39. The molecule has 158 valence electrons. The highest BCUT2D eigenvalue weighted by Crippen LogP contribution is 2.36. The SMILES string of the molecule is Cc1onc(C#Cc2cccc(S(=O)(=O)Nc3ccc(Br)c4c3C(O)NC4=O)c2)c1C. The van der Waals surface area contributed by atoms with E-state index in [-0.39, 0.29) is 21.7 Å². The third-order valence-electron chi connectivity index (χ3n) is 4.83. The molecule has 1 atom stereocenters. The largest absolute Gasteiger partial charge is 0.369 e. The number of rotatable bonds is 3. The van der Waals surface area contributed by atoms with Crippen molar-refractivity contribution >= 4 is 37.5 Å². The van der Waals surface area contributed by atoms with Crippen molar-refractivity contribution in [3.8, 4) is 11.8 Å². The maximum Gasteiger partial charge on any atom is 0.261 e. The van der Waals surface area contributed by atoms with Crippen LogP contribution < -0.4 is 10.0 Å². The molecule has 0 radical (unpaired) electrons. The normalized spacial score (nSPS) is 15.1. The predicted molar refractivity (Wildman–Crippen MR) is 116 cm³/mol. The molecule has 4 rings (SSSR count). The Morgan fingerprint density at radius 2 is 2.00 bits per heavy atom. The Morgan fingerprint density at radius 1 is 1.23 bits per heavy atom. The summed E-state index contributed by atoms with van der Waals surface area (Å²) in [7, 11) is -4.02. The summed E-state index contributed by atoms with van der Waals surface area (Å²) in [5.74, 6) is 5.94. The summed E-state index contributed by atoms with van der Waals surface area (Å²) >= 11 is 3.25. The van der Waals surface area contributed by atoms with E-state index in [0.717, 1.165) is 5.56 Å². The van der Waals surface area contributed by atoms with Crippen LogP contribution in [0.3, 0.4) is 0 Å². The van der Waals surface area contributed by atoms with Gasteiger partial charge in [-0.3, -0.25) is 9.52 Å². The van der Waals surface area contributed by atoms with Gasteiger partial charge in [0.15, 0.2) is 11.9 Å². The first kappa shape index (κ1) is 21.1. The number of aliphatic hydroxyl groups excluding tert-OH is 1. The van der Waals surface area contributed by atoms with E-state index in [1.807, 2.05) is 6.92 Å². The van der Waals surface area contributed by atoms with Crippen LogP contribution in [0.4, 0.5) is 5.69 Å². The number of fused-ring (bicyclic) bond motifs is 1. The standard InChI is InChI=1S/C21H16BrN3O5S/c1-11-12(2)30-24-16(11)8-6-13-4-3-5-14(10-13)31(28,29)25-17-9-7-15(22)18-19(17)21(27)23-20(18)26/h3-5,7,9-10,21,25,27H,1-2H3,(H,23,26). The number of hydrogen-bond donors (Lipinski definition) is 3. The van der Waals surface area contributed by atoms with Gasteiger partial charge in [0.1, 0.15) is 5.76 Å². The summed E-state index contributed by atoms with van der Waals surface area (Å²) in [6, 6.07) is 9.12. The number of carbonyl (C=O) groups excluding carboxylic acids is 1. The van der Waals surface area contributed by atoms with Crippen molar-refractivity contribution < 1.29 is 22.8 Å². The number of aromatic nitrogens is 1. The highest BCUT2D eigenvalue weighted by atomic mass is 79.9. The molecule has 31 heavy (non-hydrogen) atoms. The van der Waals surface area contributed by atoms with Crippen LogP contribution >= 0.6 is 15.9 Å². The number of aliphatic hydroxyl groups is 1. The number of halogens is 1. The molecule has 0 fully saturated rings. The molecule has 0 bridgehead atoms. The second-order valence-electron chi connectivity index (χ2n) is 6.86. The third-order valence-corrected chi connectivity index (χ3v) is 6.86. The van der Waals surface area contributed by atoms with Gasteiger partial charge in [-0.05, 0) is 66.0 Å². The van der Waals surface area contributed by atoms with E-state index in [9.17, 15) is 18.3 Å². The van der Waals surface area contributed by atoms with Crippen LogP contribution in [-0.4, -0.2) is 24.6 Å². The number of anilines is 1. The molecule has 0 saturated heterocycles. The Bertz CT molecular complexity index is 1390. The lowest BCUT2D eigenvalue weighted by Crippen LogP contribution is -2.19. The number of nitrogens with zero attached hydrogens (tertiary/aromatic N) is 1. The Balaban J connectivity index is 1.67. The summed E-state index contributed by atoms with van der Waals surface area (Å²) in [5.41, 5.74) is 2.24. The van der Waals surface area contributed by atoms with Crippen LogP contribution in [0.1, 0.15) is 44.7 Å². The number of carbonyl (C=O) groups is 1. The van der Waals surface area contributed by atoms with Crippen molar-refractivity contribution in [2.24, 2.45) is 0 Å². The molecule has 10 heteroatoms. The minimum atomic E-state index is -4.02. The lowest BCUT2D eigenvalue weighted by molar-refractivity contribution is 0.0851. The summed E-state index contributed by atoms with van der Waals surface area (Å²) < 4.78 is 33.9. The molecule has 1 aliphatic rings. The van der Waals surface area contributed by atoms with Crippen molar-refractivity contribution in [2.45, 2.75) is 25.0 Å². The van der Waals surface area contributed by atoms with E-state index in [4.69, 9.17) is 4.52 Å². The van der Waals surface area contributed by atoms with Gasteiger partial charge in [-0.2, -0.15) is 0 Å². The van der Waals surface area contributed by atoms with Crippen molar-refractivity contribution in [1.29, 1.82) is 0 Å². The number of sulfonamides is 1. The lowest BCUT2D eigenvalue weighted by atomic mass is 10.1. The van der Waals surface area contributed by atoms with Gasteiger partial charge >= 0.3 is 0 Å². The quantitative estimate of drug-likeness (QED) is 0.474. The third kappa shape index (κ3) is 3.95. The van der Waals surface area contributed by atoms with E-state index >= 15 is 0 Å². The number of hydrogen-bond acceptors (Lipinski definition) is 6. The average molecular weight is 502 g/mol. The zero-order chi connectivity index (χ0) is 22.3. The minimum absolute atomic E-state index is 0.0178. The van der Waals surface area contributed by atoms with Crippen LogP contribution in [0.15, 0.2) is 50.3 Å². The Morgan fingerprint density at radius 3 is 2.71 bits per heavy atom. The van der Waals surface area contributed by atoms with Gasteiger partial charge < -0.3 is 14.9 Å². The highest BCUT2D eigenvalue weighted by Gasteiger charge is 2.33. The maximum absolute atomic E-state index is 13.0. The number of benzene rings is 2. The molecular weight excluding hydrogens is 486 g/mol. The van der Waals surface area contributed by atoms with Crippen molar-refractivity contribution in [2.75, 3.05) is 4.72 Å². The zero-order valence-corrected chi connectivity index (χ0v) is 18.8. The Labute approximate surface area is 186 Å². The molecule has 2 heterocycles. The molecule has 3 aromatic rings. The van der Waals surface area contributed by atoms with Gasteiger partial charge in [-0.1, -0.05) is 17.1 Å². The molecule has 0 spiro atoms. The summed E-state index contributed by atoms with van der Waals surface area (Å²) in [6.07, 6.45) is -1.32. The van der Waals surface area contributed by atoms with E-state index in [1.165, 1.54) is 18.2 Å². The number of aryl methyl sites for hydroxylation is 1. The fourth-order valence-corrected chi connectivity index (χ4v) is 4.73. The topological polar surface area (TPSA) is 122 Å². The van der Waals surface area contributed by atoms with Crippen LogP contribution in [-0.2, 0) is 10.0 Å². The smallest absolute Gasteiger partial charge is 0.261 e. The van der Waals surface area contributed by atoms with Gasteiger partial charge in [-0.25, -0.2) is 8.42 Å². The first-order valence-corrected chi connectivity index (χ1v) is 11.3. The summed E-state index contributed by atoms with van der Waals surface area (Å²) in [5, 5.41) is 16.4. The average Bonchev–Trinajstić information content (AvgIpc) is 3.21. The number of amides is 1. The van der Waals surface area contributed by atoms with Crippen LogP contribution in [0.2, 0.25) is 0 Å². The van der Waals surface area contributed by atoms with E-state index in [0.29, 0.717) is 21.5 Å². The van der Waals surface area contributed by atoms with Gasteiger partial charge in [0, 0.05) is 21.2 Å². The molecule has 1 unspecified atom stereocenters. The van der Waals surface area contributed by atoms with Gasteiger partial charge in [0.05, 0.1) is 16.1 Å². The second kappa shape index (κ2) is 7.85. The van der Waals surface area contributed by atoms with Crippen LogP contribution in [0.25, 0.3) is 0 Å². The molecule has 1 amide bonds. The Kier molecular flexibility index (Phi) is 5.35. The fourth-order valence-electron chi connectivity index (χ4n) is 3.08. The summed E-state index contributed by atoms with van der Waals surface area (Å²) in [4.78, 5) is 12.0. The highest BCUT2D eigenvalue weighted by molar-refractivity contribution is 9.10. The molecular formula is C21H16BrN3O5S.